The van der Waals surface area contributed by atoms with Gasteiger partial charge in [0.05, 0.1) is 26.0 Å². The molecule has 0 amide bonds. The van der Waals surface area contributed by atoms with Gasteiger partial charge >= 0.3 is 0 Å². The summed E-state index contributed by atoms with van der Waals surface area (Å²) in [5.41, 5.74) is 0.574. The van der Waals surface area contributed by atoms with Crippen LogP contribution in [0.3, 0.4) is 0 Å². The molecule has 21 heavy (non-hydrogen) atoms. The monoisotopic (exact) mass is 311 g/mol. The predicted molar refractivity (Wildman–Crippen MR) is 76.4 cm³/mol. The summed E-state index contributed by atoms with van der Waals surface area (Å²) in [5.74, 6) is 0.699. The van der Waals surface area contributed by atoms with E-state index in [1.165, 1.54) is 31.6 Å². The lowest BCUT2D eigenvalue weighted by atomic mass is 10.2. The number of ether oxygens (including phenoxy) is 1. The highest BCUT2D eigenvalue weighted by molar-refractivity contribution is 7.89. The van der Waals surface area contributed by atoms with Gasteiger partial charge in [0.15, 0.2) is 0 Å². The second kappa shape index (κ2) is 6.30. The van der Waals surface area contributed by atoms with E-state index in [4.69, 9.17) is 14.3 Å². The van der Waals surface area contributed by atoms with E-state index in [2.05, 4.69) is 4.72 Å². The molecule has 0 saturated carbocycles. The predicted octanol–water partition coefficient (Wildman–Crippen LogP) is 1.82. The number of aliphatic hydroxyl groups excluding tert-OH is 1. The minimum absolute atomic E-state index is 0.0145. The van der Waals surface area contributed by atoms with Gasteiger partial charge in [-0.25, -0.2) is 13.1 Å². The highest BCUT2D eigenvalue weighted by Crippen LogP contribution is 2.26. The zero-order valence-corrected chi connectivity index (χ0v) is 12.6. The SMILES string of the molecule is COc1cc(CO)ccc1S(=O)(=O)NC(C)c1ccco1. The first-order chi connectivity index (χ1) is 9.97. The topological polar surface area (TPSA) is 88.8 Å². The van der Waals surface area contributed by atoms with Gasteiger partial charge in [-0.05, 0) is 36.8 Å². The molecule has 2 rings (SSSR count). The highest BCUT2D eigenvalue weighted by atomic mass is 32.2. The number of nitrogens with one attached hydrogen (secondary N) is 1. The Hall–Kier alpha value is -1.83. The van der Waals surface area contributed by atoms with E-state index in [9.17, 15) is 8.42 Å². The van der Waals surface area contributed by atoms with Crippen LogP contribution in [0.15, 0.2) is 45.9 Å². The van der Waals surface area contributed by atoms with Crippen LogP contribution in [0, 0.1) is 0 Å². The third kappa shape index (κ3) is 3.44. The third-order valence-corrected chi connectivity index (χ3v) is 4.58. The largest absolute Gasteiger partial charge is 0.495 e. The Morgan fingerprint density at radius 1 is 1.38 bits per heavy atom. The first-order valence-electron chi connectivity index (χ1n) is 6.31. The molecule has 0 aliphatic rings. The molecule has 1 aromatic heterocycles. The molecule has 6 nitrogen and oxygen atoms in total. The Morgan fingerprint density at radius 2 is 2.14 bits per heavy atom. The molecule has 114 valence electrons. The molecule has 0 saturated heterocycles. The molecule has 2 N–H and O–H groups in total. The van der Waals surface area contributed by atoms with Gasteiger partial charge in [0, 0.05) is 0 Å². The Labute approximate surface area is 123 Å². The summed E-state index contributed by atoms with van der Waals surface area (Å²) in [6.07, 6.45) is 1.48. The van der Waals surface area contributed by atoms with Crippen molar-refractivity contribution >= 4 is 10.0 Å². The van der Waals surface area contributed by atoms with E-state index < -0.39 is 16.1 Å². The summed E-state index contributed by atoms with van der Waals surface area (Å²) < 4.78 is 37.6. The van der Waals surface area contributed by atoms with Crippen LogP contribution in [0.4, 0.5) is 0 Å². The van der Waals surface area contributed by atoms with Crippen molar-refractivity contribution in [3.05, 3.63) is 47.9 Å². The molecule has 1 heterocycles. The molecule has 0 aliphatic heterocycles. The number of furan rings is 1. The molecule has 7 heteroatoms. The van der Waals surface area contributed by atoms with Gasteiger partial charge in [-0.15, -0.1) is 0 Å². The van der Waals surface area contributed by atoms with Crippen molar-refractivity contribution < 1.29 is 22.7 Å². The number of aliphatic hydroxyl groups is 1. The van der Waals surface area contributed by atoms with Gasteiger partial charge in [0.25, 0.3) is 0 Å². The number of hydrogen-bond donors (Lipinski definition) is 2. The van der Waals surface area contributed by atoms with Crippen LogP contribution in [0.1, 0.15) is 24.3 Å². The van der Waals surface area contributed by atoms with Gasteiger partial charge in [-0.1, -0.05) is 6.07 Å². The van der Waals surface area contributed by atoms with Crippen molar-refractivity contribution in [2.75, 3.05) is 7.11 Å². The van der Waals surface area contributed by atoms with Crippen LogP contribution in [-0.2, 0) is 16.6 Å². The summed E-state index contributed by atoms with van der Waals surface area (Å²) in [4.78, 5) is 0.0145. The average molecular weight is 311 g/mol. The summed E-state index contributed by atoms with van der Waals surface area (Å²) in [6.45, 7) is 1.50. The zero-order valence-electron chi connectivity index (χ0n) is 11.7. The Morgan fingerprint density at radius 3 is 2.71 bits per heavy atom. The van der Waals surface area contributed by atoms with Crippen molar-refractivity contribution in [2.24, 2.45) is 0 Å². The molecule has 1 aromatic carbocycles. The summed E-state index contributed by atoms with van der Waals surface area (Å²) in [7, 11) is -2.39. The molecule has 0 aliphatic carbocycles. The number of sulfonamides is 1. The standard InChI is InChI=1S/C14H17NO5S/c1-10(12-4-3-7-20-12)15-21(17,18)14-6-5-11(9-16)8-13(14)19-2/h3-8,10,15-16H,9H2,1-2H3. The quantitative estimate of drug-likeness (QED) is 0.849. The van der Waals surface area contributed by atoms with Gasteiger partial charge in [0.1, 0.15) is 16.4 Å². The van der Waals surface area contributed by atoms with E-state index in [0.717, 1.165) is 0 Å². The fourth-order valence-electron chi connectivity index (χ4n) is 1.92. The van der Waals surface area contributed by atoms with Crippen molar-refractivity contribution in [2.45, 2.75) is 24.5 Å². The molecule has 0 spiro atoms. The van der Waals surface area contributed by atoms with Crippen LogP contribution in [0.2, 0.25) is 0 Å². The van der Waals surface area contributed by atoms with E-state index >= 15 is 0 Å². The third-order valence-electron chi connectivity index (χ3n) is 3.00. The first-order valence-corrected chi connectivity index (χ1v) is 7.79. The smallest absolute Gasteiger partial charge is 0.244 e. The average Bonchev–Trinajstić information content (AvgIpc) is 3.00. The van der Waals surface area contributed by atoms with Crippen molar-refractivity contribution in [3.63, 3.8) is 0 Å². The summed E-state index contributed by atoms with van der Waals surface area (Å²) in [6, 6.07) is 7.31. The second-order valence-corrected chi connectivity index (χ2v) is 6.18. The molecule has 1 unspecified atom stereocenters. The van der Waals surface area contributed by atoms with Crippen molar-refractivity contribution in [1.82, 2.24) is 4.72 Å². The minimum atomic E-state index is -3.77. The van der Waals surface area contributed by atoms with E-state index in [1.54, 1.807) is 19.1 Å². The van der Waals surface area contributed by atoms with Crippen molar-refractivity contribution in [1.29, 1.82) is 0 Å². The van der Waals surface area contributed by atoms with Gasteiger partial charge < -0.3 is 14.3 Å². The lowest BCUT2D eigenvalue weighted by Crippen LogP contribution is -2.27. The molecule has 0 radical (unpaired) electrons. The zero-order chi connectivity index (χ0) is 15.5. The highest BCUT2D eigenvalue weighted by Gasteiger charge is 2.23. The fraction of sp³-hybridized carbons (Fsp3) is 0.286. The number of hydrogen-bond acceptors (Lipinski definition) is 5. The number of benzene rings is 1. The van der Waals surface area contributed by atoms with Gasteiger partial charge in [-0.3, -0.25) is 0 Å². The minimum Gasteiger partial charge on any atom is -0.495 e. The molecule has 0 fully saturated rings. The molecule has 0 bridgehead atoms. The fourth-order valence-corrected chi connectivity index (χ4v) is 3.29. The number of rotatable bonds is 6. The van der Waals surface area contributed by atoms with E-state index in [1.807, 2.05) is 0 Å². The second-order valence-electron chi connectivity index (χ2n) is 4.50. The molecular weight excluding hydrogens is 294 g/mol. The molecule has 1 atom stereocenters. The van der Waals surface area contributed by atoms with Gasteiger partial charge in [-0.2, -0.15) is 0 Å². The normalized spacial score (nSPS) is 13.1. The van der Waals surface area contributed by atoms with Gasteiger partial charge in [0.2, 0.25) is 10.0 Å². The Bertz CT molecular complexity index is 694. The van der Waals surface area contributed by atoms with Crippen LogP contribution in [0.25, 0.3) is 0 Å². The van der Waals surface area contributed by atoms with Crippen LogP contribution >= 0.6 is 0 Å². The van der Waals surface area contributed by atoms with E-state index in [0.29, 0.717) is 11.3 Å². The number of methoxy groups -OCH3 is 1. The Kier molecular flexibility index (Phi) is 4.66. The molecular formula is C14H17NO5S. The lowest BCUT2D eigenvalue weighted by Gasteiger charge is -2.15. The lowest BCUT2D eigenvalue weighted by molar-refractivity contribution is 0.280. The first kappa shape index (κ1) is 15.6. The maximum absolute atomic E-state index is 12.4. The van der Waals surface area contributed by atoms with Crippen LogP contribution < -0.4 is 9.46 Å². The summed E-state index contributed by atoms with van der Waals surface area (Å²) in [5, 5.41) is 9.09. The van der Waals surface area contributed by atoms with Crippen molar-refractivity contribution in [3.8, 4) is 5.75 Å². The maximum atomic E-state index is 12.4. The Balaban J connectivity index is 2.31. The molecule has 2 aromatic rings. The van der Waals surface area contributed by atoms with Crippen LogP contribution in [0.5, 0.6) is 5.75 Å². The van der Waals surface area contributed by atoms with E-state index in [-0.39, 0.29) is 17.3 Å². The van der Waals surface area contributed by atoms with Crippen LogP contribution in [-0.4, -0.2) is 20.6 Å². The maximum Gasteiger partial charge on any atom is 0.244 e. The summed E-state index contributed by atoms with van der Waals surface area (Å²) >= 11 is 0.